The topological polar surface area (TPSA) is 78.9 Å². The van der Waals surface area contributed by atoms with Gasteiger partial charge in [0.2, 0.25) is 0 Å². The molecule has 0 saturated heterocycles. The minimum absolute atomic E-state index is 0.102. The normalized spacial score (nSPS) is 11.9. The second kappa shape index (κ2) is 35.9. The molecule has 0 atom stereocenters. The fraction of sp³-hybridized carbons (Fsp3) is 0.927. The van der Waals surface area contributed by atoms with Crippen LogP contribution in [0.1, 0.15) is 183 Å². The molecular weight excluding hydrogens is 803 g/mol. The molecular formula is C41H80O6S3Sn. The third-order valence-electron chi connectivity index (χ3n) is 8.79. The molecule has 0 spiro atoms. The van der Waals surface area contributed by atoms with Crippen LogP contribution in [0.2, 0.25) is 4.44 Å². The molecule has 0 aromatic rings. The van der Waals surface area contributed by atoms with Gasteiger partial charge in [0.05, 0.1) is 0 Å². The van der Waals surface area contributed by atoms with Gasteiger partial charge in [0.1, 0.15) is 0 Å². The molecule has 0 N–H and O–H groups in total. The number of esters is 3. The van der Waals surface area contributed by atoms with Crippen LogP contribution in [0.25, 0.3) is 0 Å². The summed E-state index contributed by atoms with van der Waals surface area (Å²) in [6, 6.07) is 0. The second-order valence-electron chi connectivity index (χ2n) is 15.4. The van der Waals surface area contributed by atoms with E-state index in [-0.39, 0.29) is 17.9 Å². The van der Waals surface area contributed by atoms with E-state index in [1.807, 2.05) is 26.8 Å². The molecule has 0 amide bonds. The Balaban J connectivity index is 5.22. The zero-order chi connectivity index (χ0) is 38.0. The Morgan fingerprint density at radius 1 is 0.451 bits per heavy atom. The summed E-state index contributed by atoms with van der Waals surface area (Å²) >= 11 is -3.07. The van der Waals surface area contributed by atoms with Crippen molar-refractivity contribution in [2.75, 3.05) is 37.1 Å². The molecule has 0 heterocycles. The molecule has 6 nitrogen and oxygen atoms in total. The van der Waals surface area contributed by atoms with Crippen LogP contribution in [0.15, 0.2) is 0 Å². The first-order valence-corrected chi connectivity index (χ1v) is 36.3. The van der Waals surface area contributed by atoms with Crippen molar-refractivity contribution in [1.29, 1.82) is 0 Å². The van der Waals surface area contributed by atoms with Crippen molar-refractivity contribution in [2.45, 2.75) is 188 Å². The molecule has 0 rings (SSSR count). The third-order valence-corrected chi connectivity index (χ3v) is 49.0. The second-order valence-corrected chi connectivity index (χ2v) is 49.4. The van der Waals surface area contributed by atoms with Crippen LogP contribution in [0.5, 0.6) is 0 Å². The van der Waals surface area contributed by atoms with Gasteiger partial charge in [-0.15, -0.1) is 0 Å². The van der Waals surface area contributed by atoms with E-state index in [9.17, 15) is 14.4 Å². The minimum atomic E-state index is -3.07. The van der Waals surface area contributed by atoms with Crippen LogP contribution >= 0.6 is 26.8 Å². The van der Waals surface area contributed by atoms with Gasteiger partial charge in [0, 0.05) is 0 Å². The predicted molar refractivity (Wildman–Crippen MR) is 228 cm³/mol. The molecule has 302 valence electrons. The molecule has 0 aliphatic carbocycles. The number of hydrogen-bond acceptors (Lipinski definition) is 9. The van der Waals surface area contributed by atoms with Crippen LogP contribution in [0.3, 0.4) is 0 Å². The molecule has 0 bridgehead atoms. The average molecular weight is 884 g/mol. The average Bonchev–Trinajstić information content (AvgIpc) is 3.07. The van der Waals surface area contributed by atoms with Gasteiger partial charge in [-0.05, 0) is 0 Å². The molecule has 0 saturated carbocycles. The molecule has 0 radical (unpaired) electrons. The first kappa shape index (κ1) is 51.3. The fourth-order valence-electron chi connectivity index (χ4n) is 5.60. The summed E-state index contributed by atoms with van der Waals surface area (Å²) < 4.78 is 18.0. The van der Waals surface area contributed by atoms with Gasteiger partial charge in [-0.3, -0.25) is 0 Å². The zero-order valence-electron chi connectivity index (χ0n) is 34.2. The van der Waals surface area contributed by atoms with Gasteiger partial charge in [0.25, 0.3) is 0 Å². The standard InChI is InChI=1S/3C11H22O2S.C8H17.Sn/c3*1-10(2)6-4-3-5-8-13-11(12)7-9-14;1-3-5-7-8-6-4-2;/h3*10,14H,3-9H2,1-2H3;1,3-8H2,2H3;/q;;;;+3/p-3. The van der Waals surface area contributed by atoms with Crippen molar-refractivity contribution in [3.05, 3.63) is 0 Å². The Morgan fingerprint density at radius 3 is 1.10 bits per heavy atom. The summed E-state index contributed by atoms with van der Waals surface area (Å²) in [4.78, 5) is 38.1. The van der Waals surface area contributed by atoms with E-state index in [1.54, 1.807) is 0 Å². The summed E-state index contributed by atoms with van der Waals surface area (Å²) in [5.74, 6) is 4.09. The SMILES string of the molecule is CCCCCCC[CH2][Sn]([S]CCC(=O)OCCCCCC(C)C)([S]CCC(=O)OCCCCCC(C)C)[S]CCC(=O)OCCCCCC(C)C. The van der Waals surface area contributed by atoms with E-state index in [2.05, 4.69) is 48.5 Å². The zero-order valence-corrected chi connectivity index (χ0v) is 39.5. The van der Waals surface area contributed by atoms with E-state index in [1.165, 1.54) is 81.5 Å². The number of carbonyl (C=O) groups is 3. The first-order valence-electron chi connectivity index (χ1n) is 20.9. The summed E-state index contributed by atoms with van der Waals surface area (Å²) in [6.07, 6.45) is 22.0. The van der Waals surface area contributed by atoms with Crippen molar-refractivity contribution in [3.8, 4) is 0 Å². The van der Waals surface area contributed by atoms with E-state index < -0.39 is 14.2 Å². The van der Waals surface area contributed by atoms with E-state index >= 15 is 0 Å². The van der Waals surface area contributed by atoms with E-state index in [4.69, 9.17) is 14.2 Å². The van der Waals surface area contributed by atoms with Crippen molar-refractivity contribution >= 4 is 59.0 Å². The van der Waals surface area contributed by atoms with E-state index in [0.29, 0.717) is 56.8 Å². The van der Waals surface area contributed by atoms with Crippen molar-refractivity contribution in [2.24, 2.45) is 17.8 Å². The molecule has 0 aromatic carbocycles. The maximum atomic E-state index is 12.7. The van der Waals surface area contributed by atoms with Gasteiger partial charge in [-0.2, -0.15) is 0 Å². The monoisotopic (exact) mass is 884 g/mol. The van der Waals surface area contributed by atoms with E-state index in [0.717, 1.165) is 55.8 Å². The van der Waals surface area contributed by atoms with Crippen LogP contribution in [0, 0.1) is 17.8 Å². The van der Waals surface area contributed by atoms with Crippen molar-refractivity contribution in [3.63, 3.8) is 0 Å². The Morgan fingerprint density at radius 2 is 0.765 bits per heavy atom. The summed E-state index contributed by atoms with van der Waals surface area (Å²) in [5.41, 5.74) is 0. The Bertz CT molecular complexity index is 749. The van der Waals surface area contributed by atoms with Gasteiger partial charge >= 0.3 is 330 Å². The van der Waals surface area contributed by atoms with Crippen LogP contribution in [0.4, 0.5) is 0 Å². The Kier molecular flexibility index (Phi) is 36.1. The van der Waals surface area contributed by atoms with Crippen molar-refractivity contribution in [1.82, 2.24) is 0 Å². The maximum absolute atomic E-state index is 12.7. The van der Waals surface area contributed by atoms with Gasteiger partial charge in [0.15, 0.2) is 0 Å². The van der Waals surface area contributed by atoms with Crippen LogP contribution in [-0.4, -0.2) is 69.2 Å². The number of unbranched alkanes of at least 4 members (excludes halogenated alkanes) is 11. The van der Waals surface area contributed by atoms with Crippen molar-refractivity contribution < 1.29 is 28.6 Å². The fourth-order valence-corrected chi connectivity index (χ4v) is 44.4. The molecule has 0 fully saturated rings. The molecule has 51 heavy (non-hydrogen) atoms. The third kappa shape index (κ3) is 35.7. The number of carbonyl (C=O) groups excluding carboxylic acids is 3. The van der Waals surface area contributed by atoms with Gasteiger partial charge in [-0.25, -0.2) is 0 Å². The van der Waals surface area contributed by atoms with Crippen LogP contribution in [-0.2, 0) is 28.6 Å². The van der Waals surface area contributed by atoms with Gasteiger partial charge < -0.3 is 0 Å². The Hall–Kier alpha value is 0.259. The number of hydrogen-bond donors (Lipinski definition) is 0. The summed E-state index contributed by atoms with van der Waals surface area (Å²) in [6.45, 7) is 17.3. The molecule has 0 aliphatic rings. The molecule has 10 heteroatoms. The quantitative estimate of drug-likeness (QED) is 0.0262. The number of ether oxygens (including phenoxy) is 3. The van der Waals surface area contributed by atoms with Gasteiger partial charge in [-0.1, -0.05) is 0 Å². The molecule has 0 unspecified atom stereocenters. The summed E-state index contributed by atoms with van der Waals surface area (Å²) in [5, 5.41) is 0. The molecule has 0 aliphatic heterocycles. The van der Waals surface area contributed by atoms with Crippen LogP contribution < -0.4 is 0 Å². The Labute approximate surface area is 328 Å². The molecule has 0 aromatic heterocycles. The first-order chi connectivity index (χ1) is 24.5. The number of rotatable bonds is 37. The summed E-state index contributed by atoms with van der Waals surface area (Å²) in [7, 11) is 6.03. The predicted octanol–water partition coefficient (Wildman–Crippen LogP) is 12.9.